The zero-order chi connectivity index (χ0) is 18.4. The summed E-state index contributed by atoms with van der Waals surface area (Å²) in [6.07, 6.45) is 1.49. The molecule has 0 unspecified atom stereocenters. The van der Waals surface area contributed by atoms with Gasteiger partial charge >= 0.3 is 0 Å². The van der Waals surface area contributed by atoms with Crippen molar-refractivity contribution in [2.75, 3.05) is 19.5 Å². The van der Waals surface area contributed by atoms with Gasteiger partial charge in [0, 0.05) is 10.2 Å². The number of nitriles is 1. The van der Waals surface area contributed by atoms with Gasteiger partial charge in [-0.05, 0) is 57.9 Å². The van der Waals surface area contributed by atoms with Gasteiger partial charge in [0.25, 0.3) is 5.91 Å². The van der Waals surface area contributed by atoms with Crippen molar-refractivity contribution >= 4 is 49.5 Å². The lowest BCUT2D eigenvalue weighted by Gasteiger charge is -2.11. The highest BCUT2D eigenvalue weighted by Crippen LogP contribution is 2.36. The van der Waals surface area contributed by atoms with Crippen LogP contribution in [0.5, 0.6) is 11.5 Å². The van der Waals surface area contributed by atoms with Crippen LogP contribution in [0, 0.1) is 11.3 Å². The molecule has 5 nitrogen and oxygen atoms in total. The lowest BCUT2D eigenvalue weighted by Crippen LogP contribution is -2.13. The fourth-order valence-corrected chi connectivity index (χ4v) is 3.12. The topological polar surface area (TPSA) is 71.3 Å². The lowest BCUT2D eigenvalue weighted by atomic mass is 10.1. The van der Waals surface area contributed by atoms with E-state index in [1.807, 2.05) is 12.1 Å². The zero-order valence-electron chi connectivity index (χ0n) is 13.5. The van der Waals surface area contributed by atoms with Crippen LogP contribution < -0.4 is 14.8 Å². The number of rotatable bonds is 5. The summed E-state index contributed by atoms with van der Waals surface area (Å²) in [5, 5.41) is 12.0. The van der Waals surface area contributed by atoms with Gasteiger partial charge in [-0.3, -0.25) is 4.79 Å². The molecule has 0 saturated carbocycles. The van der Waals surface area contributed by atoms with Crippen molar-refractivity contribution in [3.8, 4) is 17.6 Å². The first kappa shape index (κ1) is 19.0. The number of carbonyl (C=O) groups is 1. The average Bonchev–Trinajstić information content (AvgIpc) is 2.58. The maximum Gasteiger partial charge on any atom is 0.266 e. The second-order valence-electron chi connectivity index (χ2n) is 4.87. The fourth-order valence-electron chi connectivity index (χ4n) is 2.10. The minimum atomic E-state index is -0.494. The van der Waals surface area contributed by atoms with Crippen molar-refractivity contribution in [3.63, 3.8) is 0 Å². The molecule has 25 heavy (non-hydrogen) atoms. The molecule has 0 bridgehead atoms. The van der Waals surface area contributed by atoms with Gasteiger partial charge in [0.1, 0.15) is 11.6 Å². The van der Waals surface area contributed by atoms with E-state index >= 15 is 0 Å². The second-order valence-corrected chi connectivity index (χ2v) is 6.64. The molecular weight excluding hydrogens is 452 g/mol. The Morgan fingerprint density at radius 3 is 2.56 bits per heavy atom. The maximum absolute atomic E-state index is 12.3. The number of hydrogen-bond donors (Lipinski definition) is 1. The van der Waals surface area contributed by atoms with Gasteiger partial charge < -0.3 is 14.8 Å². The van der Waals surface area contributed by atoms with E-state index in [0.29, 0.717) is 27.2 Å². The first-order chi connectivity index (χ1) is 12.0. The molecule has 0 fully saturated rings. The minimum absolute atomic E-state index is 0.0286. The number of hydrogen-bond acceptors (Lipinski definition) is 4. The Balaban J connectivity index is 2.32. The molecule has 7 heteroatoms. The predicted molar refractivity (Wildman–Crippen MR) is 104 cm³/mol. The van der Waals surface area contributed by atoms with Crippen LogP contribution >= 0.6 is 31.9 Å². The highest BCUT2D eigenvalue weighted by atomic mass is 79.9. The van der Waals surface area contributed by atoms with Gasteiger partial charge in [-0.1, -0.05) is 22.0 Å². The first-order valence-electron chi connectivity index (χ1n) is 7.08. The summed E-state index contributed by atoms with van der Waals surface area (Å²) in [6, 6.07) is 12.5. The van der Waals surface area contributed by atoms with E-state index in [1.165, 1.54) is 20.3 Å². The molecule has 0 saturated heterocycles. The maximum atomic E-state index is 12.3. The summed E-state index contributed by atoms with van der Waals surface area (Å²) >= 11 is 6.72. The predicted octanol–water partition coefficient (Wildman–Crippen LogP) is 4.77. The van der Waals surface area contributed by atoms with Crippen LogP contribution in [0.4, 0.5) is 5.69 Å². The molecule has 1 N–H and O–H groups in total. The van der Waals surface area contributed by atoms with Crippen molar-refractivity contribution in [2.24, 2.45) is 0 Å². The number of halogens is 2. The van der Waals surface area contributed by atoms with E-state index in [4.69, 9.17) is 9.47 Å². The summed E-state index contributed by atoms with van der Waals surface area (Å²) < 4.78 is 12.0. The van der Waals surface area contributed by atoms with Gasteiger partial charge in [0.2, 0.25) is 0 Å². The fraction of sp³-hybridized carbons (Fsp3) is 0.111. The van der Waals surface area contributed by atoms with Crippen molar-refractivity contribution in [2.45, 2.75) is 0 Å². The van der Waals surface area contributed by atoms with Gasteiger partial charge in [-0.25, -0.2) is 0 Å². The molecule has 2 aromatic rings. The molecular formula is C18H14Br2N2O3. The number of ether oxygens (including phenoxy) is 2. The largest absolute Gasteiger partial charge is 0.493 e. The molecule has 2 aromatic carbocycles. The SMILES string of the molecule is COc1cc(/C=C(\C#N)C(=O)Nc2cccc(Br)c2)cc(Br)c1OC. The number of anilines is 1. The first-order valence-corrected chi connectivity index (χ1v) is 8.67. The van der Waals surface area contributed by atoms with Gasteiger partial charge in [0.15, 0.2) is 11.5 Å². The summed E-state index contributed by atoms with van der Waals surface area (Å²) in [7, 11) is 3.05. The molecule has 0 aliphatic carbocycles. The van der Waals surface area contributed by atoms with Crippen LogP contribution in [0.25, 0.3) is 6.08 Å². The minimum Gasteiger partial charge on any atom is -0.493 e. The van der Waals surface area contributed by atoms with E-state index in [1.54, 1.807) is 30.3 Å². The Morgan fingerprint density at radius 2 is 1.96 bits per heavy atom. The van der Waals surface area contributed by atoms with Crippen molar-refractivity contribution in [3.05, 3.63) is 56.5 Å². The quantitative estimate of drug-likeness (QED) is 0.509. The summed E-state index contributed by atoms with van der Waals surface area (Å²) in [5.74, 6) is 0.538. The Labute approximate surface area is 162 Å². The molecule has 0 heterocycles. The smallest absolute Gasteiger partial charge is 0.266 e. The van der Waals surface area contributed by atoms with E-state index in [0.717, 1.165) is 4.47 Å². The van der Waals surface area contributed by atoms with Gasteiger partial charge in [-0.2, -0.15) is 5.26 Å². The van der Waals surface area contributed by atoms with Crippen LogP contribution in [0.2, 0.25) is 0 Å². The number of nitrogens with one attached hydrogen (secondary N) is 1. The zero-order valence-corrected chi connectivity index (χ0v) is 16.6. The van der Waals surface area contributed by atoms with E-state index in [9.17, 15) is 10.1 Å². The molecule has 0 spiro atoms. The van der Waals surface area contributed by atoms with E-state index in [2.05, 4.69) is 37.2 Å². The third-order valence-electron chi connectivity index (χ3n) is 3.21. The molecule has 0 aliphatic heterocycles. The van der Waals surface area contributed by atoms with Crippen LogP contribution in [0.1, 0.15) is 5.56 Å². The van der Waals surface area contributed by atoms with Crippen LogP contribution in [0.3, 0.4) is 0 Å². The number of methoxy groups -OCH3 is 2. The number of carbonyl (C=O) groups excluding carboxylic acids is 1. The molecule has 0 atom stereocenters. The number of amides is 1. The molecule has 1 amide bonds. The molecule has 0 aliphatic rings. The van der Waals surface area contributed by atoms with E-state index in [-0.39, 0.29) is 5.57 Å². The Bertz CT molecular complexity index is 873. The normalized spacial score (nSPS) is 10.8. The van der Waals surface area contributed by atoms with Gasteiger partial charge in [-0.15, -0.1) is 0 Å². The third kappa shape index (κ3) is 4.84. The average molecular weight is 466 g/mol. The molecule has 0 radical (unpaired) electrons. The molecule has 2 rings (SSSR count). The van der Waals surface area contributed by atoms with Crippen molar-refractivity contribution < 1.29 is 14.3 Å². The number of benzene rings is 2. The summed E-state index contributed by atoms with van der Waals surface area (Å²) in [5.41, 5.74) is 1.19. The molecule has 128 valence electrons. The summed E-state index contributed by atoms with van der Waals surface area (Å²) in [6.45, 7) is 0. The lowest BCUT2D eigenvalue weighted by molar-refractivity contribution is -0.112. The Hall–Kier alpha value is -2.30. The highest BCUT2D eigenvalue weighted by molar-refractivity contribution is 9.10. The van der Waals surface area contributed by atoms with Gasteiger partial charge in [0.05, 0.1) is 18.7 Å². The molecule has 0 aromatic heterocycles. The third-order valence-corrected chi connectivity index (χ3v) is 4.30. The van der Waals surface area contributed by atoms with Crippen LogP contribution in [-0.4, -0.2) is 20.1 Å². The van der Waals surface area contributed by atoms with Crippen molar-refractivity contribution in [1.82, 2.24) is 0 Å². The Morgan fingerprint density at radius 1 is 1.20 bits per heavy atom. The van der Waals surface area contributed by atoms with Crippen molar-refractivity contribution in [1.29, 1.82) is 5.26 Å². The van der Waals surface area contributed by atoms with E-state index < -0.39 is 5.91 Å². The van der Waals surface area contributed by atoms with Crippen LogP contribution in [0.15, 0.2) is 50.9 Å². The number of nitrogens with zero attached hydrogens (tertiary/aromatic N) is 1. The second kappa shape index (κ2) is 8.70. The van der Waals surface area contributed by atoms with Crippen LogP contribution in [-0.2, 0) is 4.79 Å². The monoisotopic (exact) mass is 464 g/mol. The highest BCUT2D eigenvalue weighted by Gasteiger charge is 2.13. The summed E-state index contributed by atoms with van der Waals surface area (Å²) in [4.78, 5) is 12.3. The Kier molecular flexibility index (Phi) is 6.62. The standard InChI is InChI=1S/C18H14Br2N2O3/c1-24-16-8-11(7-15(20)17(16)25-2)6-12(10-21)18(23)22-14-5-3-4-13(19)9-14/h3-9H,1-2H3,(H,22,23)/b12-6+.